The fraction of sp³-hybridized carbons (Fsp3) is 0.267. The van der Waals surface area contributed by atoms with Gasteiger partial charge in [-0.2, -0.15) is 4.39 Å². The number of hydrogen-bond acceptors (Lipinski definition) is 1. The van der Waals surface area contributed by atoms with Gasteiger partial charge in [-0.05, 0) is 54.5 Å². The van der Waals surface area contributed by atoms with Crippen LogP contribution in [0.1, 0.15) is 24.0 Å². The summed E-state index contributed by atoms with van der Waals surface area (Å²) >= 11 is 0. The van der Waals surface area contributed by atoms with Crippen LogP contribution in [0.4, 0.5) is 4.39 Å². The lowest BCUT2D eigenvalue weighted by Gasteiger charge is -2.16. The molecule has 1 aromatic carbocycles. The zero-order valence-electron chi connectivity index (χ0n) is 9.62. The Bertz CT molecular complexity index is 548. The SMILES string of the molecule is Fc1ncccc1-c1ccc2c(c1)CCCC2. The molecule has 1 aliphatic rings. The van der Waals surface area contributed by atoms with Gasteiger partial charge < -0.3 is 0 Å². The highest BCUT2D eigenvalue weighted by atomic mass is 19.1. The minimum Gasteiger partial charge on any atom is -0.228 e. The molecule has 3 rings (SSSR count). The van der Waals surface area contributed by atoms with Gasteiger partial charge in [0, 0.05) is 11.8 Å². The zero-order valence-corrected chi connectivity index (χ0v) is 9.62. The molecule has 1 aromatic heterocycles. The summed E-state index contributed by atoms with van der Waals surface area (Å²) in [6, 6.07) is 9.82. The highest BCUT2D eigenvalue weighted by Crippen LogP contribution is 2.28. The van der Waals surface area contributed by atoms with E-state index < -0.39 is 0 Å². The number of pyridine rings is 1. The maximum Gasteiger partial charge on any atom is 0.220 e. The van der Waals surface area contributed by atoms with Crippen LogP contribution in [0.15, 0.2) is 36.5 Å². The van der Waals surface area contributed by atoms with Gasteiger partial charge in [0.2, 0.25) is 5.95 Å². The number of halogens is 1. The van der Waals surface area contributed by atoms with Crippen LogP contribution in [0.5, 0.6) is 0 Å². The molecule has 1 aliphatic carbocycles. The van der Waals surface area contributed by atoms with Crippen LogP contribution in [-0.2, 0) is 12.8 Å². The van der Waals surface area contributed by atoms with E-state index in [9.17, 15) is 4.39 Å². The first-order valence-corrected chi connectivity index (χ1v) is 6.07. The lowest BCUT2D eigenvalue weighted by atomic mass is 9.89. The van der Waals surface area contributed by atoms with E-state index in [0.29, 0.717) is 5.56 Å². The number of aryl methyl sites for hydroxylation is 2. The van der Waals surface area contributed by atoms with Crippen molar-refractivity contribution in [3.63, 3.8) is 0 Å². The first kappa shape index (κ1) is 10.5. The Morgan fingerprint density at radius 1 is 1.00 bits per heavy atom. The molecule has 0 spiro atoms. The fourth-order valence-corrected chi connectivity index (χ4v) is 2.50. The highest BCUT2D eigenvalue weighted by Gasteiger charge is 2.11. The van der Waals surface area contributed by atoms with E-state index in [1.54, 1.807) is 12.1 Å². The van der Waals surface area contributed by atoms with Gasteiger partial charge in [0.25, 0.3) is 0 Å². The van der Waals surface area contributed by atoms with Gasteiger partial charge >= 0.3 is 0 Å². The minimum absolute atomic E-state index is 0.386. The fourth-order valence-electron chi connectivity index (χ4n) is 2.50. The van der Waals surface area contributed by atoms with E-state index >= 15 is 0 Å². The lowest BCUT2D eigenvalue weighted by Crippen LogP contribution is -2.02. The van der Waals surface area contributed by atoms with Crippen molar-refractivity contribution in [2.24, 2.45) is 0 Å². The Balaban J connectivity index is 2.07. The maximum absolute atomic E-state index is 13.6. The van der Waals surface area contributed by atoms with Gasteiger partial charge in [0.05, 0.1) is 0 Å². The van der Waals surface area contributed by atoms with Crippen molar-refractivity contribution in [1.29, 1.82) is 0 Å². The molecule has 86 valence electrons. The molecule has 0 aliphatic heterocycles. The Hall–Kier alpha value is -1.70. The third kappa shape index (κ3) is 1.95. The Kier molecular flexibility index (Phi) is 2.63. The molecule has 1 nitrogen and oxygen atoms in total. The van der Waals surface area contributed by atoms with E-state index in [2.05, 4.69) is 17.1 Å². The molecular weight excluding hydrogens is 213 g/mol. The van der Waals surface area contributed by atoms with Crippen LogP contribution in [-0.4, -0.2) is 4.98 Å². The van der Waals surface area contributed by atoms with Crippen LogP contribution in [0.2, 0.25) is 0 Å². The van der Waals surface area contributed by atoms with Crippen molar-refractivity contribution in [2.45, 2.75) is 25.7 Å². The van der Waals surface area contributed by atoms with Crippen LogP contribution >= 0.6 is 0 Å². The topological polar surface area (TPSA) is 12.9 Å². The molecule has 0 atom stereocenters. The lowest BCUT2D eigenvalue weighted by molar-refractivity contribution is 0.587. The smallest absolute Gasteiger partial charge is 0.220 e. The van der Waals surface area contributed by atoms with Gasteiger partial charge in [-0.15, -0.1) is 0 Å². The van der Waals surface area contributed by atoms with E-state index in [1.807, 2.05) is 6.07 Å². The predicted molar refractivity (Wildman–Crippen MR) is 66.3 cm³/mol. The Labute approximate surface area is 100 Å². The molecule has 0 N–H and O–H groups in total. The third-order valence-corrected chi connectivity index (χ3v) is 3.42. The molecule has 1 heterocycles. The summed E-state index contributed by atoms with van der Waals surface area (Å²) in [5, 5.41) is 0. The van der Waals surface area contributed by atoms with Crippen LogP contribution in [0.25, 0.3) is 11.1 Å². The third-order valence-electron chi connectivity index (χ3n) is 3.42. The van der Waals surface area contributed by atoms with Gasteiger partial charge in [-0.25, -0.2) is 4.98 Å². The van der Waals surface area contributed by atoms with Crippen molar-refractivity contribution in [3.8, 4) is 11.1 Å². The number of rotatable bonds is 1. The second-order valence-electron chi connectivity index (χ2n) is 4.53. The summed E-state index contributed by atoms with van der Waals surface area (Å²) in [6.07, 6.45) is 6.27. The number of aromatic nitrogens is 1. The molecule has 0 unspecified atom stereocenters. The molecule has 2 aromatic rings. The summed E-state index contributed by atoms with van der Waals surface area (Å²) in [6.45, 7) is 0. The second kappa shape index (κ2) is 4.28. The molecular formula is C15H14FN. The van der Waals surface area contributed by atoms with Gasteiger partial charge in [-0.3, -0.25) is 0 Å². The summed E-state index contributed by atoms with van der Waals surface area (Å²) in [7, 11) is 0. The molecule has 2 heteroatoms. The zero-order chi connectivity index (χ0) is 11.7. The number of fused-ring (bicyclic) bond motifs is 1. The van der Waals surface area contributed by atoms with Gasteiger partial charge in [-0.1, -0.05) is 18.2 Å². The Morgan fingerprint density at radius 3 is 2.65 bits per heavy atom. The molecule has 17 heavy (non-hydrogen) atoms. The van der Waals surface area contributed by atoms with Crippen molar-refractivity contribution in [2.75, 3.05) is 0 Å². The van der Waals surface area contributed by atoms with Gasteiger partial charge in [0.15, 0.2) is 0 Å². The van der Waals surface area contributed by atoms with Crippen molar-refractivity contribution >= 4 is 0 Å². The van der Waals surface area contributed by atoms with Gasteiger partial charge in [0.1, 0.15) is 0 Å². The van der Waals surface area contributed by atoms with E-state index in [1.165, 1.54) is 30.2 Å². The first-order valence-electron chi connectivity index (χ1n) is 6.07. The van der Waals surface area contributed by atoms with Crippen molar-refractivity contribution in [1.82, 2.24) is 4.98 Å². The molecule has 0 fully saturated rings. The van der Waals surface area contributed by atoms with E-state index in [4.69, 9.17) is 0 Å². The highest BCUT2D eigenvalue weighted by molar-refractivity contribution is 5.64. The first-order chi connectivity index (χ1) is 8.34. The summed E-state index contributed by atoms with van der Waals surface area (Å²) in [5.74, 6) is -0.386. The predicted octanol–water partition coefficient (Wildman–Crippen LogP) is 3.77. The molecule has 0 bridgehead atoms. The normalized spacial score (nSPS) is 14.4. The van der Waals surface area contributed by atoms with E-state index in [0.717, 1.165) is 18.4 Å². The number of benzene rings is 1. The van der Waals surface area contributed by atoms with Crippen molar-refractivity contribution < 1.29 is 4.39 Å². The summed E-state index contributed by atoms with van der Waals surface area (Å²) in [4.78, 5) is 3.70. The number of hydrogen-bond donors (Lipinski definition) is 0. The molecule has 0 saturated carbocycles. The summed E-state index contributed by atoms with van der Waals surface area (Å²) in [5.41, 5.74) is 4.33. The summed E-state index contributed by atoms with van der Waals surface area (Å²) < 4.78 is 13.6. The molecule has 0 saturated heterocycles. The molecule has 0 amide bonds. The average Bonchev–Trinajstić information content (AvgIpc) is 2.39. The van der Waals surface area contributed by atoms with Crippen LogP contribution < -0.4 is 0 Å². The quantitative estimate of drug-likeness (QED) is 0.676. The van der Waals surface area contributed by atoms with Crippen molar-refractivity contribution in [3.05, 3.63) is 53.6 Å². The average molecular weight is 227 g/mol. The second-order valence-corrected chi connectivity index (χ2v) is 4.53. The number of nitrogens with zero attached hydrogens (tertiary/aromatic N) is 1. The maximum atomic E-state index is 13.6. The minimum atomic E-state index is -0.386. The van der Waals surface area contributed by atoms with Crippen LogP contribution in [0.3, 0.4) is 0 Å². The monoisotopic (exact) mass is 227 g/mol. The largest absolute Gasteiger partial charge is 0.228 e. The van der Waals surface area contributed by atoms with Crippen LogP contribution in [0, 0.1) is 5.95 Å². The Morgan fingerprint density at radius 2 is 1.82 bits per heavy atom. The standard InChI is InChI=1S/C15H14FN/c16-15-14(6-3-9-17-15)13-8-7-11-4-1-2-5-12(11)10-13/h3,6-10H,1-2,4-5H2. The molecule has 0 radical (unpaired) electrons. The van der Waals surface area contributed by atoms with E-state index in [-0.39, 0.29) is 5.95 Å².